The number of carbonyl (C=O) groups is 2. The number of furan rings is 1. The minimum absolute atomic E-state index is 0.0584. The summed E-state index contributed by atoms with van der Waals surface area (Å²) in [4.78, 5) is 23.2. The molecule has 1 aliphatic rings. The third-order valence-electron chi connectivity index (χ3n) is 3.48. The Hall–Kier alpha value is -2.61. The number of carboxylic acid groups (broad SMARTS) is 1. The maximum atomic E-state index is 12.3. The Morgan fingerprint density at radius 3 is 2.91 bits per heavy atom. The molecule has 8 heteroatoms. The van der Waals surface area contributed by atoms with Gasteiger partial charge in [0, 0.05) is 12.7 Å². The molecule has 1 amide bonds. The van der Waals surface area contributed by atoms with Crippen molar-refractivity contribution < 1.29 is 28.4 Å². The quantitative estimate of drug-likeness (QED) is 0.855. The van der Waals surface area contributed by atoms with Gasteiger partial charge in [-0.3, -0.25) is 9.59 Å². The lowest BCUT2D eigenvalue weighted by Crippen LogP contribution is -2.50. The number of aromatic nitrogens is 1. The van der Waals surface area contributed by atoms with E-state index in [-0.39, 0.29) is 18.7 Å². The number of nitrogens with zero attached hydrogens (tertiary/aromatic N) is 1. The summed E-state index contributed by atoms with van der Waals surface area (Å²) in [6.45, 7) is 0.567. The minimum atomic E-state index is -0.998. The SMILES string of the molecule is O=C(O)CC1(NC(=O)c2cc(-c3ccco3)on2)CCOC1. The molecule has 0 aromatic carbocycles. The number of ether oxygens (including phenoxy) is 1. The van der Waals surface area contributed by atoms with Crippen LogP contribution in [-0.2, 0) is 9.53 Å². The molecule has 8 nitrogen and oxygen atoms in total. The van der Waals surface area contributed by atoms with E-state index in [0.29, 0.717) is 24.5 Å². The van der Waals surface area contributed by atoms with Gasteiger partial charge >= 0.3 is 5.97 Å². The fraction of sp³-hybridized carbons (Fsp3) is 0.357. The summed E-state index contributed by atoms with van der Waals surface area (Å²) in [5, 5.41) is 15.4. The lowest BCUT2D eigenvalue weighted by Gasteiger charge is -2.26. The zero-order valence-electron chi connectivity index (χ0n) is 11.6. The highest BCUT2D eigenvalue weighted by molar-refractivity contribution is 5.93. The van der Waals surface area contributed by atoms with E-state index in [2.05, 4.69) is 10.5 Å². The summed E-state index contributed by atoms with van der Waals surface area (Å²) >= 11 is 0. The van der Waals surface area contributed by atoms with Crippen LogP contribution in [0.2, 0.25) is 0 Å². The maximum Gasteiger partial charge on any atom is 0.305 e. The first-order chi connectivity index (χ1) is 10.6. The summed E-state index contributed by atoms with van der Waals surface area (Å²) in [6.07, 6.45) is 1.71. The van der Waals surface area contributed by atoms with Crippen molar-refractivity contribution in [3.05, 3.63) is 30.2 Å². The summed E-state index contributed by atoms with van der Waals surface area (Å²) in [5.74, 6) is -0.725. The number of amides is 1. The number of hydrogen-bond donors (Lipinski definition) is 2. The molecule has 1 aliphatic heterocycles. The third-order valence-corrected chi connectivity index (χ3v) is 3.48. The van der Waals surface area contributed by atoms with Crippen LogP contribution in [0.1, 0.15) is 23.3 Å². The van der Waals surface area contributed by atoms with Gasteiger partial charge in [0.25, 0.3) is 5.91 Å². The zero-order valence-corrected chi connectivity index (χ0v) is 11.6. The molecule has 0 saturated carbocycles. The topological polar surface area (TPSA) is 115 Å². The van der Waals surface area contributed by atoms with Crippen molar-refractivity contribution in [2.24, 2.45) is 0 Å². The van der Waals surface area contributed by atoms with E-state index >= 15 is 0 Å². The molecule has 0 aliphatic carbocycles. The van der Waals surface area contributed by atoms with Crippen molar-refractivity contribution in [1.82, 2.24) is 10.5 Å². The molecule has 1 saturated heterocycles. The average molecular weight is 306 g/mol. The highest BCUT2D eigenvalue weighted by atomic mass is 16.5. The monoisotopic (exact) mass is 306 g/mol. The molecule has 3 rings (SSSR count). The molecular weight excluding hydrogens is 292 g/mol. The summed E-state index contributed by atoms with van der Waals surface area (Å²) < 4.78 is 15.4. The van der Waals surface area contributed by atoms with Crippen LogP contribution in [0, 0.1) is 0 Å². The van der Waals surface area contributed by atoms with Crippen molar-refractivity contribution in [3.8, 4) is 11.5 Å². The second kappa shape index (κ2) is 5.64. The van der Waals surface area contributed by atoms with E-state index in [4.69, 9.17) is 18.8 Å². The van der Waals surface area contributed by atoms with Gasteiger partial charge in [-0.15, -0.1) is 0 Å². The van der Waals surface area contributed by atoms with E-state index in [0.717, 1.165) is 0 Å². The molecule has 116 valence electrons. The fourth-order valence-corrected chi connectivity index (χ4v) is 2.40. The predicted octanol–water partition coefficient (Wildman–Crippen LogP) is 1.30. The molecule has 1 fully saturated rings. The predicted molar refractivity (Wildman–Crippen MR) is 72.1 cm³/mol. The summed E-state index contributed by atoms with van der Waals surface area (Å²) in [5.41, 5.74) is -0.852. The first-order valence-electron chi connectivity index (χ1n) is 6.71. The minimum Gasteiger partial charge on any atom is -0.481 e. The van der Waals surface area contributed by atoms with Gasteiger partial charge in [0.1, 0.15) is 0 Å². The number of carboxylic acids is 1. The molecule has 0 bridgehead atoms. The number of carbonyl (C=O) groups excluding carboxylic acids is 1. The Labute approximate surface area is 125 Å². The lowest BCUT2D eigenvalue weighted by molar-refractivity contribution is -0.138. The van der Waals surface area contributed by atoms with E-state index in [1.807, 2.05) is 0 Å². The van der Waals surface area contributed by atoms with Crippen LogP contribution in [0.25, 0.3) is 11.5 Å². The maximum absolute atomic E-state index is 12.3. The molecule has 3 heterocycles. The van der Waals surface area contributed by atoms with Crippen molar-refractivity contribution >= 4 is 11.9 Å². The third kappa shape index (κ3) is 2.86. The van der Waals surface area contributed by atoms with Crippen LogP contribution in [-0.4, -0.2) is 40.9 Å². The van der Waals surface area contributed by atoms with Gasteiger partial charge in [-0.1, -0.05) is 5.16 Å². The van der Waals surface area contributed by atoms with E-state index in [9.17, 15) is 9.59 Å². The largest absolute Gasteiger partial charge is 0.481 e. The van der Waals surface area contributed by atoms with Crippen LogP contribution in [0.3, 0.4) is 0 Å². The summed E-state index contributed by atoms with van der Waals surface area (Å²) in [6, 6.07) is 4.81. The van der Waals surface area contributed by atoms with E-state index in [1.165, 1.54) is 12.3 Å². The normalized spacial score (nSPS) is 20.9. The molecule has 0 spiro atoms. The van der Waals surface area contributed by atoms with Crippen LogP contribution in [0.5, 0.6) is 0 Å². The number of nitrogens with one attached hydrogen (secondary N) is 1. The van der Waals surface area contributed by atoms with Gasteiger partial charge in [-0.25, -0.2) is 0 Å². The van der Waals surface area contributed by atoms with Crippen molar-refractivity contribution in [2.75, 3.05) is 13.2 Å². The Morgan fingerprint density at radius 2 is 2.27 bits per heavy atom. The fourth-order valence-electron chi connectivity index (χ4n) is 2.40. The smallest absolute Gasteiger partial charge is 0.305 e. The number of hydrogen-bond acceptors (Lipinski definition) is 6. The second-order valence-electron chi connectivity index (χ2n) is 5.16. The average Bonchev–Trinajstić information content (AvgIpc) is 3.19. The standard InChI is InChI=1S/C14H14N2O6/c17-12(18)7-14(3-5-20-8-14)15-13(19)9-6-11(22-16-9)10-2-1-4-21-10/h1-2,4,6H,3,5,7-8H2,(H,15,19)(H,17,18). The first kappa shape index (κ1) is 14.3. The Morgan fingerprint density at radius 1 is 1.41 bits per heavy atom. The van der Waals surface area contributed by atoms with Crippen LogP contribution in [0.4, 0.5) is 0 Å². The second-order valence-corrected chi connectivity index (χ2v) is 5.16. The molecule has 2 aromatic rings. The molecule has 0 radical (unpaired) electrons. The summed E-state index contributed by atoms with van der Waals surface area (Å²) in [7, 11) is 0. The van der Waals surface area contributed by atoms with Gasteiger partial charge in [0.15, 0.2) is 11.5 Å². The van der Waals surface area contributed by atoms with Crippen LogP contribution < -0.4 is 5.32 Å². The molecule has 2 N–H and O–H groups in total. The molecular formula is C14H14N2O6. The molecule has 2 aromatic heterocycles. The van der Waals surface area contributed by atoms with Crippen LogP contribution >= 0.6 is 0 Å². The van der Waals surface area contributed by atoms with E-state index < -0.39 is 17.4 Å². The molecule has 1 unspecified atom stereocenters. The highest BCUT2D eigenvalue weighted by Crippen LogP contribution is 2.24. The zero-order chi connectivity index (χ0) is 15.6. The Kier molecular flexibility index (Phi) is 3.68. The van der Waals surface area contributed by atoms with Gasteiger partial charge in [0.2, 0.25) is 5.76 Å². The number of rotatable bonds is 5. The lowest BCUT2D eigenvalue weighted by atomic mass is 9.94. The van der Waals surface area contributed by atoms with Gasteiger partial charge in [0.05, 0.1) is 24.8 Å². The first-order valence-corrected chi connectivity index (χ1v) is 6.71. The highest BCUT2D eigenvalue weighted by Gasteiger charge is 2.39. The van der Waals surface area contributed by atoms with Gasteiger partial charge in [-0.2, -0.15) is 0 Å². The Bertz CT molecular complexity index is 669. The van der Waals surface area contributed by atoms with Crippen molar-refractivity contribution in [3.63, 3.8) is 0 Å². The number of aliphatic carboxylic acids is 1. The van der Waals surface area contributed by atoms with Crippen molar-refractivity contribution in [2.45, 2.75) is 18.4 Å². The molecule has 1 atom stereocenters. The van der Waals surface area contributed by atoms with Gasteiger partial charge in [-0.05, 0) is 18.6 Å². The Balaban J connectivity index is 1.75. The van der Waals surface area contributed by atoms with Gasteiger partial charge < -0.3 is 24.1 Å². The van der Waals surface area contributed by atoms with Crippen molar-refractivity contribution in [1.29, 1.82) is 0 Å². The van der Waals surface area contributed by atoms with E-state index in [1.54, 1.807) is 12.1 Å². The van der Waals surface area contributed by atoms with Crippen LogP contribution in [0.15, 0.2) is 33.4 Å². The molecule has 22 heavy (non-hydrogen) atoms.